The summed E-state index contributed by atoms with van der Waals surface area (Å²) in [5.41, 5.74) is 0.335. The third kappa shape index (κ3) is 3.70. The summed E-state index contributed by atoms with van der Waals surface area (Å²) in [5.74, 6) is 4.99. The zero-order chi connectivity index (χ0) is 20.7. The summed E-state index contributed by atoms with van der Waals surface area (Å²) >= 11 is 0. The zero-order valence-electron chi connectivity index (χ0n) is 17.9. The van der Waals surface area contributed by atoms with Gasteiger partial charge < -0.3 is 18.8 Å². The monoisotopic (exact) mass is 409 g/mol. The second-order valence-electron chi connectivity index (χ2n) is 9.78. The highest BCUT2D eigenvalue weighted by Crippen LogP contribution is 2.60. The molecule has 0 unspecified atom stereocenters. The molecule has 0 spiro atoms. The van der Waals surface area contributed by atoms with Gasteiger partial charge in [0.15, 0.2) is 17.3 Å². The van der Waals surface area contributed by atoms with E-state index in [1.807, 2.05) is 42.3 Å². The smallest absolute Gasteiger partial charge is 0.289 e. The maximum Gasteiger partial charge on any atom is 0.289 e. The van der Waals surface area contributed by atoms with Gasteiger partial charge in [-0.05, 0) is 86.0 Å². The molecule has 4 fully saturated rings. The van der Waals surface area contributed by atoms with Crippen LogP contribution in [0, 0.1) is 23.2 Å². The van der Waals surface area contributed by atoms with Gasteiger partial charge >= 0.3 is 0 Å². The van der Waals surface area contributed by atoms with Crippen LogP contribution in [-0.2, 0) is 6.61 Å². The molecule has 0 aliphatic heterocycles. The molecule has 2 aromatic rings. The van der Waals surface area contributed by atoms with Crippen LogP contribution >= 0.6 is 0 Å². The predicted molar refractivity (Wildman–Crippen MR) is 114 cm³/mol. The fraction of sp³-hybridized carbons (Fsp3) is 0.560. The lowest BCUT2D eigenvalue weighted by Gasteiger charge is -2.57. The van der Waals surface area contributed by atoms with E-state index in [4.69, 9.17) is 13.9 Å². The molecular weight excluding hydrogens is 378 g/mol. The van der Waals surface area contributed by atoms with E-state index >= 15 is 0 Å². The molecule has 0 N–H and O–H groups in total. The quantitative estimate of drug-likeness (QED) is 0.634. The van der Waals surface area contributed by atoms with Crippen molar-refractivity contribution in [1.29, 1.82) is 0 Å². The van der Waals surface area contributed by atoms with E-state index in [1.54, 1.807) is 13.2 Å². The summed E-state index contributed by atoms with van der Waals surface area (Å²) in [5, 5.41) is 0. The fourth-order valence-electron chi connectivity index (χ4n) is 6.70. The number of methoxy groups -OCH3 is 1. The van der Waals surface area contributed by atoms with Crippen LogP contribution in [0.3, 0.4) is 0 Å². The topological polar surface area (TPSA) is 51.9 Å². The molecule has 6 rings (SSSR count). The first-order chi connectivity index (χ1) is 14.5. The van der Waals surface area contributed by atoms with Gasteiger partial charge in [-0.1, -0.05) is 12.1 Å². The molecule has 4 aliphatic carbocycles. The Labute approximate surface area is 178 Å². The Bertz CT molecular complexity index is 882. The summed E-state index contributed by atoms with van der Waals surface area (Å²) in [6.45, 7) is 1.11. The highest BCUT2D eigenvalue weighted by molar-refractivity contribution is 5.91. The molecule has 1 aromatic heterocycles. The number of hydrogen-bond acceptors (Lipinski definition) is 4. The van der Waals surface area contributed by atoms with E-state index in [2.05, 4.69) is 0 Å². The van der Waals surface area contributed by atoms with Crippen LogP contribution in [0.2, 0.25) is 0 Å². The number of benzene rings is 1. The number of furan rings is 1. The number of nitrogens with zero attached hydrogens (tertiary/aromatic N) is 1. The first-order valence-electron chi connectivity index (χ1n) is 11.1. The molecule has 0 atom stereocenters. The van der Waals surface area contributed by atoms with E-state index in [-0.39, 0.29) is 12.5 Å². The van der Waals surface area contributed by atoms with Crippen LogP contribution in [0.15, 0.2) is 40.8 Å². The zero-order valence-corrected chi connectivity index (χ0v) is 17.9. The maximum absolute atomic E-state index is 13.0. The minimum atomic E-state index is -0.0331. The molecule has 4 saturated carbocycles. The SMILES string of the molecule is COc1ccccc1OCc1ccc(C(=O)N(C)CC23CC4CC(CC(C4)C2)C3)o1. The van der Waals surface area contributed by atoms with E-state index in [1.165, 1.54) is 38.5 Å². The summed E-state index contributed by atoms with van der Waals surface area (Å²) in [7, 11) is 3.54. The first kappa shape index (κ1) is 19.5. The van der Waals surface area contributed by atoms with Crippen molar-refractivity contribution in [2.75, 3.05) is 20.7 Å². The number of amides is 1. The minimum Gasteiger partial charge on any atom is -0.493 e. The number of ether oxygens (including phenoxy) is 2. The van der Waals surface area contributed by atoms with Gasteiger partial charge in [-0.25, -0.2) is 0 Å². The molecule has 1 amide bonds. The third-order valence-corrected chi connectivity index (χ3v) is 7.40. The van der Waals surface area contributed by atoms with E-state index in [9.17, 15) is 4.79 Å². The van der Waals surface area contributed by atoms with Crippen LogP contribution in [0.4, 0.5) is 0 Å². The number of carbonyl (C=O) groups is 1. The molecule has 0 radical (unpaired) electrons. The molecule has 1 aromatic carbocycles. The molecule has 30 heavy (non-hydrogen) atoms. The molecule has 0 saturated heterocycles. The lowest BCUT2D eigenvalue weighted by atomic mass is 9.49. The van der Waals surface area contributed by atoms with Crippen LogP contribution in [-0.4, -0.2) is 31.5 Å². The van der Waals surface area contributed by atoms with Gasteiger partial charge in [0, 0.05) is 13.6 Å². The lowest BCUT2D eigenvalue weighted by molar-refractivity contribution is -0.0631. The minimum absolute atomic E-state index is 0.0331. The Morgan fingerprint density at radius 1 is 1.03 bits per heavy atom. The van der Waals surface area contributed by atoms with Crippen molar-refractivity contribution in [2.24, 2.45) is 23.2 Å². The Morgan fingerprint density at radius 2 is 1.67 bits per heavy atom. The number of carbonyl (C=O) groups excluding carboxylic acids is 1. The van der Waals surface area contributed by atoms with Crippen LogP contribution in [0.5, 0.6) is 11.5 Å². The standard InChI is InChI=1S/C25H31NO4/c1-26(16-25-12-17-9-18(13-25)11-19(10-17)14-25)24(27)23-8-7-20(30-23)15-29-22-6-4-3-5-21(22)28-2/h3-8,17-19H,9-16H2,1-2H3. The Balaban J connectivity index is 1.21. The summed E-state index contributed by atoms with van der Waals surface area (Å²) in [6, 6.07) is 11.1. The predicted octanol–water partition coefficient (Wildman–Crippen LogP) is 5.16. The van der Waals surface area contributed by atoms with Crippen molar-refractivity contribution in [3.8, 4) is 11.5 Å². The first-order valence-corrected chi connectivity index (χ1v) is 11.1. The molecular formula is C25H31NO4. The normalized spacial score (nSPS) is 29.1. The van der Waals surface area contributed by atoms with Crippen molar-refractivity contribution in [2.45, 2.75) is 45.1 Å². The maximum atomic E-state index is 13.0. The number of hydrogen-bond donors (Lipinski definition) is 0. The van der Waals surface area contributed by atoms with Crippen molar-refractivity contribution < 1.29 is 18.7 Å². The summed E-state index contributed by atoms with van der Waals surface area (Å²) < 4.78 is 16.9. The van der Waals surface area contributed by atoms with E-state index < -0.39 is 0 Å². The fourth-order valence-corrected chi connectivity index (χ4v) is 6.70. The van der Waals surface area contributed by atoms with Crippen molar-refractivity contribution >= 4 is 5.91 Å². The largest absolute Gasteiger partial charge is 0.493 e. The average molecular weight is 410 g/mol. The van der Waals surface area contributed by atoms with Crippen LogP contribution in [0.25, 0.3) is 0 Å². The second-order valence-corrected chi connectivity index (χ2v) is 9.78. The van der Waals surface area contributed by atoms with Gasteiger partial charge in [0.25, 0.3) is 5.91 Å². The summed E-state index contributed by atoms with van der Waals surface area (Å²) in [6.07, 6.45) is 8.16. The van der Waals surface area contributed by atoms with Gasteiger partial charge in [-0.3, -0.25) is 4.79 Å². The van der Waals surface area contributed by atoms with E-state index in [0.29, 0.717) is 28.4 Å². The highest BCUT2D eigenvalue weighted by atomic mass is 16.5. The Hall–Kier alpha value is -2.43. The van der Waals surface area contributed by atoms with Crippen molar-refractivity contribution in [3.63, 3.8) is 0 Å². The summed E-state index contributed by atoms with van der Waals surface area (Å²) in [4.78, 5) is 14.9. The molecule has 5 heteroatoms. The molecule has 5 nitrogen and oxygen atoms in total. The van der Waals surface area contributed by atoms with Crippen LogP contribution < -0.4 is 9.47 Å². The number of rotatable bonds is 7. The highest BCUT2D eigenvalue weighted by Gasteiger charge is 2.51. The van der Waals surface area contributed by atoms with Crippen molar-refractivity contribution in [1.82, 2.24) is 4.90 Å². The molecule has 4 bridgehead atoms. The van der Waals surface area contributed by atoms with Gasteiger partial charge in [-0.2, -0.15) is 0 Å². The molecule has 1 heterocycles. The van der Waals surface area contributed by atoms with Gasteiger partial charge in [0.2, 0.25) is 0 Å². The Morgan fingerprint density at radius 3 is 2.30 bits per heavy atom. The van der Waals surface area contributed by atoms with Gasteiger partial charge in [0.05, 0.1) is 7.11 Å². The van der Waals surface area contributed by atoms with Gasteiger partial charge in [0.1, 0.15) is 12.4 Å². The second kappa shape index (κ2) is 7.68. The van der Waals surface area contributed by atoms with Gasteiger partial charge in [-0.15, -0.1) is 0 Å². The third-order valence-electron chi connectivity index (χ3n) is 7.40. The van der Waals surface area contributed by atoms with Crippen LogP contribution in [0.1, 0.15) is 54.8 Å². The Kier molecular flexibility index (Phi) is 5.00. The number of para-hydroxylation sites is 2. The van der Waals surface area contributed by atoms with Crippen molar-refractivity contribution in [3.05, 3.63) is 47.9 Å². The molecule has 160 valence electrons. The lowest BCUT2D eigenvalue weighted by Crippen LogP contribution is -2.51. The van der Waals surface area contributed by atoms with E-state index in [0.717, 1.165) is 24.3 Å². The molecule has 4 aliphatic rings. The average Bonchev–Trinajstić information content (AvgIpc) is 3.19.